The lowest BCUT2D eigenvalue weighted by Gasteiger charge is -2.18. The molecule has 0 bridgehead atoms. The van der Waals surface area contributed by atoms with Gasteiger partial charge in [0.15, 0.2) is 0 Å². The molecular weight excluding hydrogens is 350 g/mol. The number of hydrogen-bond donors (Lipinski definition) is 1. The number of anilines is 1. The van der Waals surface area contributed by atoms with Crippen LogP contribution in [0, 0.1) is 0 Å². The van der Waals surface area contributed by atoms with Crippen molar-refractivity contribution in [2.24, 2.45) is 0 Å². The summed E-state index contributed by atoms with van der Waals surface area (Å²) in [5, 5.41) is 4.88. The van der Waals surface area contributed by atoms with Crippen molar-refractivity contribution < 1.29 is 9.59 Å². The van der Waals surface area contributed by atoms with E-state index in [1.54, 1.807) is 6.07 Å². The largest absolute Gasteiger partial charge is 0.333 e. The zero-order valence-corrected chi connectivity index (χ0v) is 16.1. The number of carbonyl (C=O) groups excluding carboxylic acids is 2. The van der Waals surface area contributed by atoms with Gasteiger partial charge >= 0.3 is 0 Å². The molecule has 3 aromatic carbocycles. The van der Waals surface area contributed by atoms with E-state index in [0.29, 0.717) is 29.9 Å². The van der Waals surface area contributed by atoms with E-state index in [4.69, 9.17) is 0 Å². The number of amides is 2. The summed E-state index contributed by atoms with van der Waals surface area (Å²) in [6.45, 7) is 2.05. The molecule has 0 aromatic heterocycles. The molecular formula is C23H23N3O2. The van der Waals surface area contributed by atoms with E-state index in [0.717, 1.165) is 22.9 Å². The molecule has 4 rings (SSSR count). The van der Waals surface area contributed by atoms with E-state index in [1.807, 2.05) is 73.6 Å². The fraction of sp³-hybridized carbons (Fsp3) is 0.217. The molecule has 1 heterocycles. The summed E-state index contributed by atoms with van der Waals surface area (Å²) >= 11 is 0. The van der Waals surface area contributed by atoms with Gasteiger partial charge < -0.3 is 15.1 Å². The first-order valence-electron chi connectivity index (χ1n) is 9.39. The predicted octanol–water partition coefficient (Wildman–Crippen LogP) is 3.61. The fourth-order valence-corrected chi connectivity index (χ4v) is 3.64. The topological polar surface area (TPSA) is 52.6 Å². The Morgan fingerprint density at radius 1 is 1.04 bits per heavy atom. The molecule has 5 nitrogen and oxygen atoms in total. The van der Waals surface area contributed by atoms with Crippen molar-refractivity contribution in [3.05, 3.63) is 77.4 Å². The number of rotatable bonds is 5. The van der Waals surface area contributed by atoms with Crippen molar-refractivity contribution in [1.29, 1.82) is 0 Å². The molecule has 1 aliphatic rings. The van der Waals surface area contributed by atoms with Gasteiger partial charge in [0.1, 0.15) is 0 Å². The SMILES string of the molecule is CN(C)CCN1Cc2cccc(NC(=O)c3cccc4ccccc34)c2C1=O. The van der Waals surface area contributed by atoms with E-state index in [-0.39, 0.29) is 11.8 Å². The van der Waals surface area contributed by atoms with Crippen molar-refractivity contribution in [3.8, 4) is 0 Å². The van der Waals surface area contributed by atoms with E-state index < -0.39 is 0 Å². The van der Waals surface area contributed by atoms with Crippen LogP contribution < -0.4 is 5.32 Å². The Morgan fingerprint density at radius 3 is 2.61 bits per heavy atom. The maximum Gasteiger partial charge on any atom is 0.256 e. The van der Waals surface area contributed by atoms with Crippen LogP contribution >= 0.6 is 0 Å². The zero-order chi connectivity index (χ0) is 19.7. The summed E-state index contributed by atoms with van der Waals surface area (Å²) in [6, 6.07) is 19.1. The number of hydrogen-bond acceptors (Lipinski definition) is 3. The van der Waals surface area contributed by atoms with Gasteiger partial charge in [0, 0.05) is 25.2 Å². The van der Waals surface area contributed by atoms with Crippen LogP contribution in [-0.2, 0) is 6.54 Å². The molecule has 0 aliphatic carbocycles. The van der Waals surface area contributed by atoms with Crippen LogP contribution in [0.15, 0.2) is 60.7 Å². The van der Waals surface area contributed by atoms with Crippen LogP contribution in [0.25, 0.3) is 10.8 Å². The van der Waals surface area contributed by atoms with Gasteiger partial charge in [-0.1, -0.05) is 48.5 Å². The van der Waals surface area contributed by atoms with Gasteiger partial charge in [-0.25, -0.2) is 0 Å². The Hall–Kier alpha value is -3.18. The first kappa shape index (κ1) is 18.2. The molecule has 1 aliphatic heterocycles. The molecule has 2 amide bonds. The Labute approximate surface area is 164 Å². The second-order valence-electron chi connectivity index (χ2n) is 7.35. The van der Waals surface area contributed by atoms with Crippen molar-refractivity contribution in [2.75, 3.05) is 32.5 Å². The minimum absolute atomic E-state index is 0.0225. The van der Waals surface area contributed by atoms with Crippen molar-refractivity contribution in [1.82, 2.24) is 9.80 Å². The number of fused-ring (bicyclic) bond motifs is 2. The highest BCUT2D eigenvalue weighted by atomic mass is 16.2. The smallest absolute Gasteiger partial charge is 0.256 e. The van der Waals surface area contributed by atoms with Gasteiger partial charge in [-0.15, -0.1) is 0 Å². The molecule has 1 N–H and O–H groups in total. The molecule has 0 saturated carbocycles. The van der Waals surface area contributed by atoms with E-state index >= 15 is 0 Å². The molecule has 0 atom stereocenters. The van der Waals surface area contributed by atoms with E-state index in [1.165, 1.54) is 0 Å². The minimum atomic E-state index is -0.204. The van der Waals surface area contributed by atoms with Gasteiger partial charge in [-0.3, -0.25) is 9.59 Å². The summed E-state index contributed by atoms with van der Waals surface area (Å²) in [7, 11) is 3.98. The lowest BCUT2D eigenvalue weighted by molar-refractivity contribution is 0.0769. The van der Waals surface area contributed by atoms with Crippen LogP contribution in [0.1, 0.15) is 26.3 Å². The molecule has 0 radical (unpaired) electrons. The second-order valence-corrected chi connectivity index (χ2v) is 7.35. The van der Waals surface area contributed by atoms with E-state index in [9.17, 15) is 9.59 Å². The van der Waals surface area contributed by atoms with Crippen molar-refractivity contribution >= 4 is 28.3 Å². The summed E-state index contributed by atoms with van der Waals surface area (Å²) < 4.78 is 0. The maximum atomic E-state index is 13.0. The molecule has 0 unspecified atom stereocenters. The summed E-state index contributed by atoms with van der Waals surface area (Å²) in [5.74, 6) is -0.226. The van der Waals surface area contributed by atoms with Crippen LogP contribution in [-0.4, -0.2) is 48.8 Å². The molecule has 142 valence electrons. The lowest BCUT2D eigenvalue weighted by Crippen LogP contribution is -2.32. The summed E-state index contributed by atoms with van der Waals surface area (Å²) in [6.07, 6.45) is 0. The highest BCUT2D eigenvalue weighted by molar-refractivity contribution is 6.15. The van der Waals surface area contributed by atoms with Crippen LogP contribution in [0.5, 0.6) is 0 Å². The number of nitrogens with zero attached hydrogens (tertiary/aromatic N) is 2. The molecule has 0 spiro atoms. The number of carbonyl (C=O) groups is 2. The first-order valence-corrected chi connectivity index (χ1v) is 9.39. The molecule has 0 fully saturated rings. The standard InChI is InChI=1S/C23H23N3O2/c1-25(2)13-14-26-15-17-9-6-12-20(21(17)23(26)28)24-22(27)19-11-5-8-16-7-3-4-10-18(16)19/h3-12H,13-15H2,1-2H3,(H,24,27). The minimum Gasteiger partial charge on any atom is -0.333 e. The quantitative estimate of drug-likeness (QED) is 0.743. The molecule has 0 saturated heterocycles. The average molecular weight is 373 g/mol. The maximum absolute atomic E-state index is 13.0. The summed E-state index contributed by atoms with van der Waals surface area (Å²) in [4.78, 5) is 29.8. The summed E-state index contributed by atoms with van der Waals surface area (Å²) in [5.41, 5.74) is 2.74. The van der Waals surface area contributed by atoms with Crippen LogP contribution in [0.4, 0.5) is 5.69 Å². The van der Waals surface area contributed by atoms with Gasteiger partial charge in [0.25, 0.3) is 11.8 Å². The fourth-order valence-electron chi connectivity index (χ4n) is 3.64. The number of benzene rings is 3. The number of nitrogens with one attached hydrogen (secondary N) is 1. The van der Waals surface area contributed by atoms with Gasteiger partial charge in [0.05, 0.1) is 11.3 Å². The molecule has 28 heavy (non-hydrogen) atoms. The Kier molecular flexibility index (Phi) is 4.84. The monoisotopic (exact) mass is 373 g/mol. The average Bonchev–Trinajstić information content (AvgIpc) is 3.02. The lowest BCUT2D eigenvalue weighted by atomic mass is 10.0. The third-order valence-corrected chi connectivity index (χ3v) is 5.11. The first-order chi connectivity index (χ1) is 13.5. The Balaban J connectivity index is 1.61. The molecule has 3 aromatic rings. The van der Waals surface area contributed by atoms with Crippen molar-refractivity contribution in [3.63, 3.8) is 0 Å². The van der Waals surface area contributed by atoms with Gasteiger partial charge in [0.2, 0.25) is 0 Å². The Morgan fingerprint density at radius 2 is 1.79 bits per heavy atom. The second kappa shape index (κ2) is 7.44. The van der Waals surface area contributed by atoms with E-state index in [2.05, 4.69) is 10.2 Å². The number of likely N-dealkylation sites (N-methyl/N-ethyl adjacent to an activating group) is 1. The predicted molar refractivity (Wildman–Crippen MR) is 112 cm³/mol. The van der Waals surface area contributed by atoms with Crippen LogP contribution in [0.2, 0.25) is 0 Å². The highest BCUT2D eigenvalue weighted by Gasteiger charge is 2.30. The zero-order valence-electron chi connectivity index (χ0n) is 16.1. The van der Waals surface area contributed by atoms with Gasteiger partial charge in [-0.05, 0) is 42.6 Å². The highest BCUT2D eigenvalue weighted by Crippen LogP contribution is 2.30. The van der Waals surface area contributed by atoms with Crippen LogP contribution in [0.3, 0.4) is 0 Å². The third-order valence-electron chi connectivity index (χ3n) is 5.11. The normalized spacial score (nSPS) is 13.2. The molecule has 5 heteroatoms. The third kappa shape index (κ3) is 3.37. The van der Waals surface area contributed by atoms with Crippen molar-refractivity contribution in [2.45, 2.75) is 6.54 Å². The Bertz CT molecular complexity index is 1050. The van der Waals surface area contributed by atoms with Gasteiger partial charge in [-0.2, -0.15) is 0 Å².